The normalized spacial score (nSPS) is 29.6. The summed E-state index contributed by atoms with van der Waals surface area (Å²) in [5.74, 6) is 0.259. The highest BCUT2D eigenvalue weighted by Crippen LogP contribution is 2.32. The monoisotopic (exact) mass is 309 g/mol. The molecule has 1 saturated carbocycles. The van der Waals surface area contributed by atoms with Crippen molar-refractivity contribution in [1.29, 1.82) is 0 Å². The van der Waals surface area contributed by atoms with Gasteiger partial charge in [0.2, 0.25) is 0 Å². The van der Waals surface area contributed by atoms with Gasteiger partial charge in [-0.25, -0.2) is 4.39 Å². The van der Waals surface area contributed by atoms with E-state index in [2.05, 4.69) is 4.90 Å². The first-order chi connectivity index (χ1) is 10.8. The summed E-state index contributed by atoms with van der Waals surface area (Å²) in [5, 5.41) is 10.1. The number of hydrogen-bond acceptors (Lipinski definition) is 4. The summed E-state index contributed by atoms with van der Waals surface area (Å²) in [6.45, 7) is 3.39. The Balaban J connectivity index is 1.54. The van der Waals surface area contributed by atoms with Gasteiger partial charge in [0.15, 0.2) is 11.6 Å². The summed E-state index contributed by atoms with van der Waals surface area (Å²) in [5.41, 5.74) is 0. The fourth-order valence-corrected chi connectivity index (χ4v) is 3.58. The van der Waals surface area contributed by atoms with Gasteiger partial charge in [0, 0.05) is 25.0 Å². The quantitative estimate of drug-likeness (QED) is 0.904. The van der Waals surface area contributed by atoms with Gasteiger partial charge in [0.1, 0.15) is 6.61 Å². The van der Waals surface area contributed by atoms with Gasteiger partial charge >= 0.3 is 0 Å². The molecule has 1 saturated heterocycles. The number of benzene rings is 1. The summed E-state index contributed by atoms with van der Waals surface area (Å²) in [4.78, 5) is 2.32. The van der Waals surface area contributed by atoms with Gasteiger partial charge in [-0.15, -0.1) is 0 Å². The van der Waals surface area contributed by atoms with E-state index in [1.165, 1.54) is 6.07 Å². The molecule has 122 valence electrons. The molecule has 2 fully saturated rings. The van der Waals surface area contributed by atoms with Gasteiger partial charge in [-0.05, 0) is 25.0 Å². The van der Waals surface area contributed by atoms with E-state index in [-0.39, 0.29) is 23.9 Å². The Morgan fingerprint density at radius 2 is 2.18 bits per heavy atom. The number of ether oxygens (including phenoxy) is 2. The van der Waals surface area contributed by atoms with Crippen LogP contribution in [0.2, 0.25) is 0 Å². The molecule has 4 nitrogen and oxygen atoms in total. The van der Waals surface area contributed by atoms with Crippen molar-refractivity contribution in [1.82, 2.24) is 4.90 Å². The lowest BCUT2D eigenvalue weighted by atomic mass is 9.94. The van der Waals surface area contributed by atoms with Crippen molar-refractivity contribution in [2.45, 2.75) is 31.4 Å². The standard InChI is InChI=1S/C17H24FNO3/c18-14-5-1-2-7-17(14)22-11-9-19-8-10-21-12-15(19)13-4-3-6-16(13)20/h1-2,5,7,13,15-16,20H,3-4,6,8-12H2/t13-,15-,16-/m1/s1. The van der Waals surface area contributed by atoms with E-state index in [1.54, 1.807) is 18.2 Å². The van der Waals surface area contributed by atoms with Gasteiger partial charge in [0.25, 0.3) is 0 Å². The molecule has 22 heavy (non-hydrogen) atoms. The smallest absolute Gasteiger partial charge is 0.165 e. The molecular weight excluding hydrogens is 285 g/mol. The van der Waals surface area contributed by atoms with E-state index < -0.39 is 0 Å². The predicted octanol–water partition coefficient (Wildman–Crippen LogP) is 2.07. The zero-order valence-electron chi connectivity index (χ0n) is 12.8. The second-order valence-electron chi connectivity index (χ2n) is 6.12. The number of para-hydroxylation sites is 1. The number of hydrogen-bond donors (Lipinski definition) is 1. The highest BCUT2D eigenvalue weighted by molar-refractivity contribution is 5.23. The molecule has 0 unspecified atom stereocenters. The fourth-order valence-electron chi connectivity index (χ4n) is 3.58. The molecule has 0 radical (unpaired) electrons. The summed E-state index contributed by atoms with van der Waals surface area (Å²) in [6.07, 6.45) is 2.81. The van der Waals surface area contributed by atoms with E-state index in [1.807, 2.05) is 0 Å². The van der Waals surface area contributed by atoms with Crippen LogP contribution in [0.3, 0.4) is 0 Å². The van der Waals surface area contributed by atoms with Crippen LogP contribution in [0.15, 0.2) is 24.3 Å². The van der Waals surface area contributed by atoms with Crippen molar-refractivity contribution in [3.05, 3.63) is 30.1 Å². The van der Waals surface area contributed by atoms with Crippen LogP contribution in [0, 0.1) is 11.7 Å². The lowest BCUT2D eigenvalue weighted by Crippen LogP contribution is -2.52. The Kier molecular flexibility index (Phi) is 5.28. The van der Waals surface area contributed by atoms with Gasteiger partial charge < -0.3 is 14.6 Å². The molecule has 1 aromatic rings. The van der Waals surface area contributed by atoms with Crippen molar-refractivity contribution < 1.29 is 19.0 Å². The number of rotatable bonds is 5. The van der Waals surface area contributed by atoms with Crippen LogP contribution in [-0.2, 0) is 4.74 Å². The van der Waals surface area contributed by atoms with Gasteiger partial charge in [-0.3, -0.25) is 4.90 Å². The minimum absolute atomic E-state index is 0.221. The molecule has 1 N–H and O–H groups in total. The summed E-state index contributed by atoms with van der Waals surface area (Å²) in [7, 11) is 0. The molecule has 1 aliphatic heterocycles. The van der Waals surface area contributed by atoms with Crippen molar-refractivity contribution in [3.8, 4) is 5.75 Å². The molecule has 3 atom stereocenters. The third kappa shape index (κ3) is 3.59. The van der Waals surface area contributed by atoms with Crippen molar-refractivity contribution in [3.63, 3.8) is 0 Å². The van der Waals surface area contributed by atoms with Crippen LogP contribution in [0.5, 0.6) is 5.75 Å². The Labute approximate surface area is 130 Å². The zero-order chi connectivity index (χ0) is 15.4. The largest absolute Gasteiger partial charge is 0.489 e. The van der Waals surface area contributed by atoms with Gasteiger partial charge in [-0.1, -0.05) is 18.6 Å². The molecule has 1 aliphatic carbocycles. The Bertz CT molecular complexity index is 485. The third-order valence-electron chi connectivity index (χ3n) is 4.78. The fraction of sp³-hybridized carbons (Fsp3) is 0.647. The molecule has 0 amide bonds. The second kappa shape index (κ2) is 7.40. The van der Waals surface area contributed by atoms with Crippen LogP contribution < -0.4 is 4.74 Å². The molecular formula is C17H24FNO3. The number of morpholine rings is 1. The van der Waals surface area contributed by atoms with E-state index in [4.69, 9.17) is 9.47 Å². The molecule has 0 aromatic heterocycles. The molecule has 1 heterocycles. The highest BCUT2D eigenvalue weighted by Gasteiger charge is 2.37. The van der Waals surface area contributed by atoms with E-state index in [0.29, 0.717) is 25.6 Å². The maximum Gasteiger partial charge on any atom is 0.165 e. The topological polar surface area (TPSA) is 41.9 Å². The minimum atomic E-state index is -0.327. The first-order valence-corrected chi connectivity index (χ1v) is 8.13. The first-order valence-electron chi connectivity index (χ1n) is 8.13. The number of aliphatic hydroxyl groups excluding tert-OH is 1. The minimum Gasteiger partial charge on any atom is -0.489 e. The molecule has 2 aliphatic rings. The first kappa shape index (κ1) is 15.7. The SMILES string of the molecule is O[C@@H]1CCC[C@@H]1[C@H]1COCCN1CCOc1ccccc1F. The summed E-state index contributed by atoms with van der Waals surface area (Å²) < 4.78 is 24.7. The lowest BCUT2D eigenvalue weighted by Gasteiger charge is -2.40. The lowest BCUT2D eigenvalue weighted by molar-refractivity contribution is -0.0533. The third-order valence-corrected chi connectivity index (χ3v) is 4.78. The highest BCUT2D eigenvalue weighted by atomic mass is 19.1. The van der Waals surface area contributed by atoms with Crippen LogP contribution in [0.25, 0.3) is 0 Å². The second-order valence-corrected chi connectivity index (χ2v) is 6.12. The van der Waals surface area contributed by atoms with Crippen molar-refractivity contribution in [2.75, 3.05) is 32.9 Å². The number of halogens is 1. The Morgan fingerprint density at radius 1 is 1.32 bits per heavy atom. The number of aliphatic hydroxyl groups is 1. The number of nitrogens with zero attached hydrogens (tertiary/aromatic N) is 1. The van der Waals surface area contributed by atoms with Crippen LogP contribution in [-0.4, -0.2) is 55.1 Å². The maximum absolute atomic E-state index is 13.5. The Hall–Kier alpha value is -1.17. The summed E-state index contributed by atoms with van der Waals surface area (Å²) in [6, 6.07) is 6.72. The molecule has 0 spiro atoms. The predicted molar refractivity (Wildman–Crippen MR) is 81.4 cm³/mol. The van der Waals surface area contributed by atoms with E-state index >= 15 is 0 Å². The van der Waals surface area contributed by atoms with Gasteiger partial charge in [0.05, 0.1) is 19.3 Å². The van der Waals surface area contributed by atoms with Crippen molar-refractivity contribution >= 4 is 0 Å². The van der Waals surface area contributed by atoms with E-state index in [0.717, 1.165) is 32.4 Å². The molecule has 3 rings (SSSR count). The van der Waals surface area contributed by atoms with E-state index in [9.17, 15) is 9.50 Å². The average Bonchev–Trinajstić information content (AvgIpc) is 2.96. The molecule has 0 bridgehead atoms. The summed E-state index contributed by atoms with van der Waals surface area (Å²) >= 11 is 0. The van der Waals surface area contributed by atoms with Crippen molar-refractivity contribution in [2.24, 2.45) is 5.92 Å². The van der Waals surface area contributed by atoms with Crippen LogP contribution in [0.1, 0.15) is 19.3 Å². The maximum atomic E-state index is 13.5. The van der Waals surface area contributed by atoms with Gasteiger partial charge in [-0.2, -0.15) is 0 Å². The average molecular weight is 309 g/mol. The van der Waals surface area contributed by atoms with Crippen LogP contribution in [0.4, 0.5) is 4.39 Å². The molecule has 5 heteroatoms. The van der Waals surface area contributed by atoms with Crippen LogP contribution >= 0.6 is 0 Å². The zero-order valence-corrected chi connectivity index (χ0v) is 12.8. The Morgan fingerprint density at radius 3 is 2.95 bits per heavy atom. The molecule has 1 aromatic carbocycles.